The van der Waals surface area contributed by atoms with Crippen molar-refractivity contribution in [2.24, 2.45) is 0 Å². The van der Waals surface area contributed by atoms with Crippen molar-refractivity contribution in [3.05, 3.63) is 48.0 Å². The Morgan fingerprint density at radius 1 is 1.40 bits per heavy atom. The monoisotopic (exact) mass is 339 g/mol. The van der Waals surface area contributed by atoms with Gasteiger partial charge >= 0.3 is 0 Å². The van der Waals surface area contributed by atoms with Crippen molar-refractivity contribution in [1.29, 1.82) is 0 Å². The van der Waals surface area contributed by atoms with Crippen LogP contribution in [0.25, 0.3) is 0 Å². The van der Waals surface area contributed by atoms with Crippen LogP contribution in [0, 0.1) is 17.9 Å². The van der Waals surface area contributed by atoms with Crippen LogP contribution in [0.15, 0.2) is 30.7 Å². The zero-order valence-corrected chi connectivity index (χ0v) is 14.6. The summed E-state index contributed by atoms with van der Waals surface area (Å²) in [5.41, 5.74) is 1.81. The minimum Gasteiger partial charge on any atom is -0.375 e. The predicted octanol–water partition coefficient (Wildman–Crippen LogP) is 2.74. The molecule has 99 valence electrons. The number of rotatable bonds is 2. The minimum atomic E-state index is -0.0953. The van der Waals surface area contributed by atoms with Crippen molar-refractivity contribution >= 4 is 0 Å². The van der Waals surface area contributed by atoms with Gasteiger partial charge in [0.25, 0.3) is 0 Å². The van der Waals surface area contributed by atoms with E-state index in [0.29, 0.717) is 5.92 Å². The van der Waals surface area contributed by atoms with Gasteiger partial charge in [0.15, 0.2) is 0 Å². The second-order valence-electron chi connectivity index (χ2n) is 5.27. The molecule has 1 saturated carbocycles. The van der Waals surface area contributed by atoms with Crippen molar-refractivity contribution in [2.75, 3.05) is 0 Å². The fraction of sp³-hybridized carbons (Fsp3) is 0.375. The van der Waals surface area contributed by atoms with Crippen LogP contribution >= 0.6 is 0 Å². The van der Waals surface area contributed by atoms with Gasteiger partial charge in [0, 0.05) is 45.1 Å². The van der Waals surface area contributed by atoms with Gasteiger partial charge in [-0.1, -0.05) is 26.0 Å². The van der Waals surface area contributed by atoms with Gasteiger partial charge in [-0.3, -0.25) is 4.68 Å². The van der Waals surface area contributed by atoms with E-state index in [9.17, 15) is 0 Å². The quantitative estimate of drug-likeness (QED) is 0.622. The number of pyridine rings is 1. The van der Waals surface area contributed by atoms with E-state index in [0.717, 1.165) is 24.1 Å². The van der Waals surface area contributed by atoms with E-state index in [1.807, 2.05) is 29.2 Å². The molecule has 2 heterocycles. The molecule has 2 aromatic rings. The van der Waals surface area contributed by atoms with Crippen molar-refractivity contribution in [1.82, 2.24) is 14.8 Å². The van der Waals surface area contributed by atoms with E-state index >= 15 is 0 Å². The Hall–Kier alpha value is -0.976. The van der Waals surface area contributed by atoms with Gasteiger partial charge in [0.1, 0.15) is 5.54 Å². The standard InChI is InChI=1S/C16H16N3.Y/c1-13(2)14-4-5-15(17-12-14)6-7-16(8-9-16)19-11-3-10-18-19;/h3,5,10-13H,8-9H2,1-2H3;/q-1;. The number of hydrogen-bond acceptors (Lipinski definition) is 2. The molecule has 1 aliphatic carbocycles. The summed E-state index contributed by atoms with van der Waals surface area (Å²) in [7, 11) is 0. The van der Waals surface area contributed by atoms with E-state index in [1.165, 1.54) is 0 Å². The maximum Gasteiger partial charge on any atom is 0.122 e. The van der Waals surface area contributed by atoms with Gasteiger partial charge in [0.05, 0.1) is 0 Å². The average Bonchev–Trinajstić information content (AvgIpc) is 3.00. The van der Waals surface area contributed by atoms with Crippen molar-refractivity contribution in [3.63, 3.8) is 0 Å². The van der Waals surface area contributed by atoms with Gasteiger partial charge in [-0.25, -0.2) is 0 Å². The van der Waals surface area contributed by atoms with Gasteiger partial charge in [-0.05, 0) is 30.5 Å². The fourth-order valence-electron chi connectivity index (χ4n) is 1.98. The van der Waals surface area contributed by atoms with E-state index in [-0.39, 0.29) is 38.2 Å². The molecular formula is C16H16N3Y-. The van der Waals surface area contributed by atoms with E-state index in [4.69, 9.17) is 0 Å². The minimum absolute atomic E-state index is 0. The molecule has 1 radical (unpaired) electrons. The van der Waals surface area contributed by atoms with Crippen molar-refractivity contribution in [3.8, 4) is 11.8 Å². The summed E-state index contributed by atoms with van der Waals surface area (Å²) in [5.74, 6) is 6.91. The molecule has 2 aromatic heterocycles. The number of aromatic nitrogens is 3. The number of nitrogens with zero attached hydrogens (tertiary/aromatic N) is 3. The molecule has 1 fully saturated rings. The first kappa shape index (κ1) is 15.4. The molecule has 0 spiro atoms. The first-order valence-electron chi connectivity index (χ1n) is 6.60. The summed E-state index contributed by atoms with van der Waals surface area (Å²) in [6.45, 7) is 4.27. The Morgan fingerprint density at radius 2 is 2.20 bits per heavy atom. The molecule has 20 heavy (non-hydrogen) atoms. The molecular weight excluding hydrogens is 323 g/mol. The Bertz CT molecular complexity index is 614. The summed E-state index contributed by atoms with van der Waals surface area (Å²) in [6, 6.07) is 7.05. The molecule has 0 atom stereocenters. The Morgan fingerprint density at radius 3 is 2.70 bits per heavy atom. The molecule has 1 aliphatic rings. The summed E-state index contributed by atoms with van der Waals surface area (Å²) in [4.78, 5) is 4.38. The molecule has 0 aromatic carbocycles. The third-order valence-electron chi connectivity index (χ3n) is 3.43. The fourth-order valence-corrected chi connectivity index (χ4v) is 1.98. The van der Waals surface area contributed by atoms with Crippen LogP contribution in [0.5, 0.6) is 0 Å². The van der Waals surface area contributed by atoms with E-state index in [2.05, 4.69) is 41.8 Å². The second kappa shape index (κ2) is 6.20. The third-order valence-corrected chi connectivity index (χ3v) is 3.43. The number of hydrogen-bond donors (Lipinski definition) is 0. The maximum atomic E-state index is 4.38. The summed E-state index contributed by atoms with van der Waals surface area (Å²) in [6.07, 6.45) is 7.77. The molecule has 0 N–H and O–H groups in total. The van der Waals surface area contributed by atoms with Crippen LogP contribution in [0.4, 0.5) is 0 Å². The Kier molecular flexibility index (Phi) is 4.78. The first-order chi connectivity index (χ1) is 9.20. The maximum absolute atomic E-state index is 4.38. The summed E-state index contributed by atoms with van der Waals surface area (Å²) in [5, 5.41) is 4.29. The molecule has 0 saturated heterocycles. The van der Waals surface area contributed by atoms with Crippen molar-refractivity contribution < 1.29 is 32.7 Å². The van der Waals surface area contributed by atoms with Crippen LogP contribution in [0.2, 0.25) is 0 Å². The third kappa shape index (κ3) is 3.19. The summed E-state index contributed by atoms with van der Waals surface area (Å²) >= 11 is 0. The Labute approximate surface area is 145 Å². The second-order valence-corrected chi connectivity index (χ2v) is 5.27. The predicted molar refractivity (Wildman–Crippen MR) is 73.5 cm³/mol. The van der Waals surface area contributed by atoms with E-state index < -0.39 is 0 Å². The molecule has 0 bridgehead atoms. The molecule has 0 aliphatic heterocycles. The van der Waals surface area contributed by atoms with Gasteiger partial charge in [-0.15, -0.1) is 17.6 Å². The molecule has 3 nitrogen and oxygen atoms in total. The van der Waals surface area contributed by atoms with Crippen LogP contribution in [0.1, 0.15) is 43.9 Å². The van der Waals surface area contributed by atoms with E-state index in [1.54, 1.807) is 6.20 Å². The van der Waals surface area contributed by atoms with Gasteiger partial charge in [-0.2, -0.15) is 11.2 Å². The van der Waals surface area contributed by atoms with Crippen LogP contribution < -0.4 is 0 Å². The van der Waals surface area contributed by atoms with Gasteiger partial charge in [0.2, 0.25) is 0 Å². The van der Waals surface area contributed by atoms with Crippen LogP contribution in [0.3, 0.4) is 0 Å². The largest absolute Gasteiger partial charge is 0.375 e. The molecule has 4 heteroatoms. The molecule has 3 rings (SSSR count). The zero-order chi connectivity index (χ0) is 13.3. The zero-order valence-electron chi connectivity index (χ0n) is 11.8. The average molecular weight is 339 g/mol. The Balaban J connectivity index is 0.00000147. The smallest absolute Gasteiger partial charge is 0.122 e. The van der Waals surface area contributed by atoms with Gasteiger partial charge < -0.3 is 4.98 Å². The normalized spacial score (nSPS) is 15.2. The molecule has 0 unspecified atom stereocenters. The summed E-state index contributed by atoms with van der Waals surface area (Å²) < 4.78 is 1.95. The van der Waals surface area contributed by atoms with Crippen LogP contribution in [-0.4, -0.2) is 14.8 Å². The van der Waals surface area contributed by atoms with Crippen LogP contribution in [-0.2, 0) is 38.2 Å². The van der Waals surface area contributed by atoms with Crippen molar-refractivity contribution in [2.45, 2.75) is 38.1 Å². The first-order valence-corrected chi connectivity index (χ1v) is 6.60. The molecule has 0 amide bonds. The topological polar surface area (TPSA) is 30.7 Å². The SMILES string of the molecule is CC(C)c1[c-]cc(C#CC2(n3cccn3)CC2)nc1.[Y].